The standard InChI is InChI=1S/C15H21N3O2/c1-9(2)17-15(20)18-12-7-16-11-6-4-3-5-10(11)14(12)13(18)8-19/h3-6,9,12-14,16,19H,7-8H2,1-2H3,(H,17,20)/t12-,13-,14+/m0/s1. The normalized spacial score (nSPS) is 27.2. The van der Waals surface area contributed by atoms with Crippen molar-refractivity contribution in [2.75, 3.05) is 18.5 Å². The number of hydrogen-bond acceptors (Lipinski definition) is 3. The number of benzene rings is 1. The van der Waals surface area contributed by atoms with Crippen LogP contribution in [0.5, 0.6) is 0 Å². The van der Waals surface area contributed by atoms with Crippen LogP contribution in [0.2, 0.25) is 0 Å². The van der Waals surface area contributed by atoms with Crippen LogP contribution in [0.15, 0.2) is 24.3 Å². The van der Waals surface area contributed by atoms with E-state index in [2.05, 4.69) is 22.8 Å². The van der Waals surface area contributed by atoms with Gasteiger partial charge in [0, 0.05) is 24.2 Å². The molecule has 1 aromatic rings. The van der Waals surface area contributed by atoms with E-state index in [1.165, 1.54) is 5.56 Å². The number of fused-ring (bicyclic) bond motifs is 3. The predicted octanol–water partition coefficient (Wildman–Crippen LogP) is 1.36. The van der Waals surface area contributed by atoms with Crippen LogP contribution in [-0.4, -0.2) is 47.3 Å². The number of nitrogens with zero attached hydrogens (tertiary/aromatic N) is 1. The van der Waals surface area contributed by atoms with Crippen LogP contribution in [0.3, 0.4) is 0 Å². The molecule has 1 fully saturated rings. The van der Waals surface area contributed by atoms with Crippen molar-refractivity contribution in [2.45, 2.75) is 37.9 Å². The lowest BCUT2D eigenvalue weighted by Crippen LogP contribution is -2.71. The highest BCUT2D eigenvalue weighted by Gasteiger charge is 2.53. The first-order valence-corrected chi connectivity index (χ1v) is 7.16. The number of para-hydroxylation sites is 1. The number of amides is 2. The largest absolute Gasteiger partial charge is 0.394 e. The maximum atomic E-state index is 12.2. The third-order valence-electron chi connectivity index (χ3n) is 4.20. The number of urea groups is 1. The quantitative estimate of drug-likeness (QED) is 0.763. The monoisotopic (exact) mass is 275 g/mol. The number of likely N-dealkylation sites (tertiary alicyclic amines) is 1. The van der Waals surface area contributed by atoms with E-state index in [9.17, 15) is 9.90 Å². The second-order valence-electron chi connectivity index (χ2n) is 5.82. The average Bonchev–Trinajstić information content (AvgIpc) is 2.38. The van der Waals surface area contributed by atoms with Crippen molar-refractivity contribution in [3.05, 3.63) is 29.8 Å². The summed E-state index contributed by atoms with van der Waals surface area (Å²) in [6.45, 7) is 4.62. The number of aliphatic hydroxyl groups excluding tert-OH is 1. The first kappa shape index (κ1) is 13.2. The molecule has 2 aliphatic heterocycles. The summed E-state index contributed by atoms with van der Waals surface area (Å²) in [6, 6.07) is 8.17. The third-order valence-corrected chi connectivity index (χ3v) is 4.20. The summed E-state index contributed by atoms with van der Waals surface area (Å²) < 4.78 is 0. The Morgan fingerprint density at radius 1 is 1.50 bits per heavy atom. The van der Waals surface area contributed by atoms with Gasteiger partial charge in [-0.1, -0.05) is 18.2 Å². The first-order valence-electron chi connectivity index (χ1n) is 7.16. The molecular weight excluding hydrogens is 254 g/mol. The van der Waals surface area contributed by atoms with E-state index in [4.69, 9.17) is 0 Å². The van der Waals surface area contributed by atoms with Crippen molar-refractivity contribution in [3.63, 3.8) is 0 Å². The van der Waals surface area contributed by atoms with Gasteiger partial charge in [-0.15, -0.1) is 0 Å². The van der Waals surface area contributed by atoms with Crippen LogP contribution in [-0.2, 0) is 0 Å². The number of carbonyl (C=O) groups excluding carboxylic acids is 1. The maximum Gasteiger partial charge on any atom is 0.318 e. The van der Waals surface area contributed by atoms with Crippen LogP contribution in [0.1, 0.15) is 25.3 Å². The zero-order valence-electron chi connectivity index (χ0n) is 11.8. The van der Waals surface area contributed by atoms with Crippen molar-refractivity contribution in [3.8, 4) is 0 Å². The molecule has 1 aromatic carbocycles. The van der Waals surface area contributed by atoms with Crippen molar-refractivity contribution >= 4 is 11.7 Å². The van der Waals surface area contributed by atoms with Gasteiger partial charge in [-0.3, -0.25) is 0 Å². The fraction of sp³-hybridized carbons (Fsp3) is 0.533. The fourth-order valence-corrected chi connectivity index (χ4v) is 3.37. The Morgan fingerprint density at radius 3 is 2.95 bits per heavy atom. The minimum absolute atomic E-state index is 0.00101. The SMILES string of the molecule is CC(C)NC(=O)N1[C@@H](CO)[C@@H]2c3ccccc3NC[C@@H]21. The minimum Gasteiger partial charge on any atom is -0.394 e. The Balaban J connectivity index is 1.84. The van der Waals surface area contributed by atoms with Crippen molar-refractivity contribution in [1.29, 1.82) is 0 Å². The molecule has 0 saturated carbocycles. The molecule has 3 rings (SSSR count). The molecule has 2 aliphatic rings. The van der Waals surface area contributed by atoms with E-state index in [0.29, 0.717) is 0 Å². The molecular formula is C15H21N3O2. The molecule has 0 bridgehead atoms. The van der Waals surface area contributed by atoms with Crippen LogP contribution < -0.4 is 10.6 Å². The second-order valence-corrected chi connectivity index (χ2v) is 5.82. The Hall–Kier alpha value is -1.75. The van der Waals surface area contributed by atoms with Crippen molar-refractivity contribution < 1.29 is 9.90 Å². The van der Waals surface area contributed by atoms with Crippen molar-refractivity contribution in [1.82, 2.24) is 10.2 Å². The number of aliphatic hydroxyl groups is 1. The lowest BCUT2D eigenvalue weighted by atomic mass is 9.73. The summed E-state index contributed by atoms with van der Waals surface area (Å²) in [7, 11) is 0. The smallest absolute Gasteiger partial charge is 0.318 e. The van der Waals surface area contributed by atoms with Crippen molar-refractivity contribution in [2.24, 2.45) is 0 Å². The molecule has 20 heavy (non-hydrogen) atoms. The maximum absolute atomic E-state index is 12.2. The fourth-order valence-electron chi connectivity index (χ4n) is 3.37. The van der Waals surface area contributed by atoms with E-state index in [0.717, 1.165) is 12.2 Å². The summed E-state index contributed by atoms with van der Waals surface area (Å²) in [6.07, 6.45) is 0. The number of carbonyl (C=O) groups is 1. The summed E-state index contributed by atoms with van der Waals surface area (Å²) in [5, 5.41) is 15.9. The Morgan fingerprint density at radius 2 is 2.25 bits per heavy atom. The lowest BCUT2D eigenvalue weighted by Gasteiger charge is -2.57. The molecule has 5 heteroatoms. The molecule has 1 saturated heterocycles. The summed E-state index contributed by atoms with van der Waals surface area (Å²) in [5.41, 5.74) is 2.33. The molecule has 3 atom stereocenters. The first-order chi connectivity index (χ1) is 9.63. The Bertz CT molecular complexity index is 518. The van der Waals surface area contributed by atoms with Crippen LogP contribution in [0.4, 0.5) is 10.5 Å². The van der Waals surface area contributed by atoms with Crippen LogP contribution in [0, 0.1) is 0 Å². The van der Waals surface area contributed by atoms with E-state index >= 15 is 0 Å². The van der Waals surface area contributed by atoms with E-state index in [-0.39, 0.29) is 36.7 Å². The molecule has 0 aromatic heterocycles. The second kappa shape index (κ2) is 4.98. The topological polar surface area (TPSA) is 64.6 Å². The minimum atomic E-state index is -0.123. The Labute approximate surface area is 119 Å². The van der Waals surface area contributed by atoms with Gasteiger partial charge in [-0.2, -0.15) is 0 Å². The van der Waals surface area contributed by atoms with Gasteiger partial charge >= 0.3 is 6.03 Å². The van der Waals surface area contributed by atoms with Gasteiger partial charge in [0.05, 0.1) is 18.7 Å². The van der Waals surface area contributed by atoms with E-state index in [1.54, 1.807) is 4.90 Å². The third kappa shape index (κ3) is 1.93. The molecule has 2 heterocycles. The number of anilines is 1. The van der Waals surface area contributed by atoms with Gasteiger partial charge in [0.25, 0.3) is 0 Å². The predicted molar refractivity (Wildman–Crippen MR) is 77.8 cm³/mol. The van der Waals surface area contributed by atoms with Gasteiger partial charge in [-0.05, 0) is 25.5 Å². The highest BCUT2D eigenvalue weighted by atomic mass is 16.3. The Kier molecular flexibility index (Phi) is 3.30. The molecule has 2 amide bonds. The number of nitrogens with one attached hydrogen (secondary N) is 2. The molecule has 108 valence electrons. The number of rotatable bonds is 2. The van der Waals surface area contributed by atoms with Crippen LogP contribution >= 0.6 is 0 Å². The van der Waals surface area contributed by atoms with Gasteiger partial charge < -0.3 is 20.6 Å². The molecule has 0 radical (unpaired) electrons. The molecule has 0 aliphatic carbocycles. The zero-order valence-corrected chi connectivity index (χ0v) is 11.8. The summed E-state index contributed by atoms with van der Waals surface area (Å²) >= 11 is 0. The molecule has 0 unspecified atom stereocenters. The van der Waals surface area contributed by atoms with Gasteiger partial charge in [-0.25, -0.2) is 4.79 Å². The number of hydrogen-bond donors (Lipinski definition) is 3. The zero-order chi connectivity index (χ0) is 14.3. The highest BCUT2D eigenvalue weighted by molar-refractivity contribution is 5.78. The van der Waals surface area contributed by atoms with E-state index < -0.39 is 0 Å². The molecule has 0 spiro atoms. The summed E-state index contributed by atoms with van der Waals surface area (Å²) in [4.78, 5) is 14.0. The highest BCUT2D eigenvalue weighted by Crippen LogP contribution is 2.45. The molecule has 5 nitrogen and oxygen atoms in total. The van der Waals surface area contributed by atoms with Gasteiger partial charge in [0.1, 0.15) is 0 Å². The summed E-state index contributed by atoms with van der Waals surface area (Å²) in [5.74, 6) is 0.232. The average molecular weight is 275 g/mol. The van der Waals surface area contributed by atoms with Crippen LogP contribution in [0.25, 0.3) is 0 Å². The lowest BCUT2D eigenvalue weighted by molar-refractivity contribution is -0.00480. The van der Waals surface area contributed by atoms with Gasteiger partial charge in [0.15, 0.2) is 0 Å². The van der Waals surface area contributed by atoms with E-state index in [1.807, 2.05) is 26.0 Å². The molecule has 3 N–H and O–H groups in total. The van der Waals surface area contributed by atoms with Gasteiger partial charge in [0.2, 0.25) is 0 Å².